The van der Waals surface area contributed by atoms with Crippen LogP contribution in [0, 0.1) is 5.92 Å². The van der Waals surface area contributed by atoms with Gasteiger partial charge < -0.3 is 14.8 Å². The predicted octanol–water partition coefficient (Wildman–Crippen LogP) is 8.76. The first kappa shape index (κ1) is 31.8. The lowest BCUT2D eigenvalue weighted by atomic mass is 9.86. The average molecular weight is 704 g/mol. The Balaban J connectivity index is 1.01. The van der Waals surface area contributed by atoms with Crippen LogP contribution in [-0.2, 0) is 0 Å². The smallest absolute Gasteiger partial charge is 0.129 e. The molecule has 7 aliphatic rings. The van der Waals surface area contributed by atoms with Gasteiger partial charge in [-0.25, -0.2) is 4.99 Å². The van der Waals surface area contributed by atoms with Crippen LogP contribution in [-0.4, -0.2) is 16.4 Å². The molecule has 3 aromatic carbocycles. The minimum absolute atomic E-state index is 0.0229. The first-order valence-electron chi connectivity index (χ1n) is 19.9. The van der Waals surface area contributed by atoms with Crippen molar-refractivity contribution in [2.45, 2.75) is 68.5 Å². The van der Waals surface area contributed by atoms with Gasteiger partial charge >= 0.3 is 0 Å². The molecule has 0 radical (unpaired) electrons. The maximum Gasteiger partial charge on any atom is 0.129 e. The van der Waals surface area contributed by atoms with Crippen molar-refractivity contribution in [3.05, 3.63) is 189 Å². The number of hydrogen-bond acceptors (Lipinski definition) is 4. The van der Waals surface area contributed by atoms with Gasteiger partial charge in [-0.15, -0.1) is 0 Å². The van der Waals surface area contributed by atoms with Crippen LogP contribution in [0.3, 0.4) is 0 Å². The van der Waals surface area contributed by atoms with Crippen LogP contribution < -0.4 is 26.1 Å². The van der Waals surface area contributed by atoms with Crippen LogP contribution in [0.1, 0.15) is 90.4 Å². The van der Waals surface area contributed by atoms with Gasteiger partial charge in [0.1, 0.15) is 18.2 Å². The quantitative estimate of drug-likeness (QED) is 0.219. The molecule has 0 amide bonds. The Bertz CT molecular complexity index is 2470. The molecule has 2 N–H and O–H groups in total. The van der Waals surface area contributed by atoms with Crippen molar-refractivity contribution in [2.75, 3.05) is 4.90 Å². The summed E-state index contributed by atoms with van der Waals surface area (Å²) in [6, 6.07) is 31.4. The molecule has 11 rings (SSSR count). The molecule has 0 spiro atoms. The molecule has 7 unspecified atom stereocenters. The monoisotopic (exact) mass is 703 g/mol. The second-order valence-electron chi connectivity index (χ2n) is 15.7. The summed E-state index contributed by atoms with van der Waals surface area (Å²) in [7, 11) is 0. The van der Waals surface area contributed by atoms with E-state index in [1.165, 1.54) is 55.3 Å². The number of fused-ring (bicyclic) bond motifs is 7. The number of benzene rings is 3. The first-order chi connectivity index (χ1) is 26.8. The van der Waals surface area contributed by atoms with Gasteiger partial charge in [-0.3, -0.25) is 5.32 Å². The number of hydrogen-bond donors (Lipinski definition) is 2. The van der Waals surface area contributed by atoms with Crippen molar-refractivity contribution >= 4 is 29.8 Å². The second kappa shape index (κ2) is 13.0. The molecule has 2 aliphatic heterocycles. The maximum absolute atomic E-state index is 5.32. The SMILES string of the molecule is C1=CCC2C=c3c4c(n(C5CC=C(C6=NC(c7ccccc7)NC(c7ccccc7)N6)CC5)c3=CC2=C1)C(N1c2ccccc2C2C=CC=CC21)CC=C4. The van der Waals surface area contributed by atoms with Gasteiger partial charge in [-0.2, -0.15) is 0 Å². The summed E-state index contributed by atoms with van der Waals surface area (Å²) in [5.41, 5.74) is 10.9. The molecule has 5 nitrogen and oxygen atoms in total. The van der Waals surface area contributed by atoms with Gasteiger partial charge in [0.25, 0.3) is 0 Å². The Kier molecular flexibility index (Phi) is 7.68. The van der Waals surface area contributed by atoms with Gasteiger partial charge in [0.2, 0.25) is 0 Å². The molecule has 0 saturated heterocycles. The molecule has 0 saturated carbocycles. The van der Waals surface area contributed by atoms with Gasteiger partial charge in [0.15, 0.2) is 0 Å². The molecule has 7 atom stereocenters. The standard InChI is InChI=1S/C49H45N5/c1-3-14-32(15-4-1)47-50-48(33-16-5-2-6-17-33)52-49(51-47)34-26-28-37(29-27-34)53-45-31-36-19-8-7-18-35(36)30-41(45)40-22-13-25-44(46(40)53)54-42-23-11-9-20-38(42)39-21-10-12-24-43(39)54/h1-17,19-24,26,30-31,35,37-38,42,44,47-48,50H,18,25,27-29H2,(H,51,52). The normalized spacial score (nSPS) is 28.6. The van der Waals surface area contributed by atoms with E-state index in [4.69, 9.17) is 4.99 Å². The Labute approximate surface area is 317 Å². The highest BCUT2D eigenvalue weighted by molar-refractivity contribution is 5.99. The third kappa shape index (κ3) is 5.20. The van der Waals surface area contributed by atoms with E-state index in [0.29, 0.717) is 23.9 Å². The highest BCUT2D eigenvalue weighted by Crippen LogP contribution is 2.50. The molecule has 1 aromatic heterocycles. The number of nitrogens with one attached hydrogen (secondary N) is 2. The zero-order valence-electron chi connectivity index (χ0n) is 30.4. The number of aromatic nitrogens is 1. The predicted molar refractivity (Wildman–Crippen MR) is 221 cm³/mol. The number of amidine groups is 1. The first-order valence-corrected chi connectivity index (χ1v) is 19.9. The summed E-state index contributed by atoms with van der Waals surface area (Å²) in [4.78, 5) is 8.08. The Morgan fingerprint density at radius 3 is 2.44 bits per heavy atom. The largest absolute Gasteiger partial charge is 0.355 e. The van der Waals surface area contributed by atoms with Gasteiger partial charge in [-0.1, -0.05) is 146 Å². The van der Waals surface area contributed by atoms with Crippen molar-refractivity contribution in [1.29, 1.82) is 0 Å². The van der Waals surface area contributed by atoms with Crippen LogP contribution in [0.25, 0.3) is 18.2 Å². The highest BCUT2D eigenvalue weighted by Gasteiger charge is 2.43. The summed E-state index contributed by atoms with van der Waals surface area (Å²) < 4.78 is 2.80. The number of anilines is 1. The number of allylic oxidation sites excluding steroid dienone is 7. The molecule has 0 fully saturated rings. The molecular weight excluding hydrogens is 659 g/mol. The number of rotatable bonds is 5. The lowest BCUT2D eigenvalue weighted by Gasteiger charge is -2.39. The average Bonchev–Trinajstić information content (AvgIpc) is 3.76. The zero-order chi connectivity index (χ0) is 35.6. The second-order valence-corrected chi connectivity index (χ2v) is 15.7. The molecule has 54 heavy (non-hydrogen) atoms. The topological polar surface area (TPSA) is 44.6 Å². The van der Waals surface area contributed by atoms with Crippen LogP contribution in [0.15, 0.2) is 156 Å². The van der Waals surface area contributed by atoms with E-state index < -0.39 is 0 Å². The summed E-state index contributed by atoms with van der Waals surface area (Å²) in [5.74, 6) is 1.84. The van der Waals surface area contributed by atoms with E-state index in [1.54, 1.807) is 0 Å². The highest BCUT2D eigenvalue weighted by atomic mass is 15.3. The van der Waals surface area contributed by atoms with E-state index in [0.717, 1.165) is 37.9 Å². The van der Waals surface area contributed by atoms with Gasteiger partial charge in [0.05, 0.1) is 12.1 Å². The summed E-state index contributed by atoms with van der Waals surface area (Å²) in [6.45, 7) is 0. The van der Waals surface area contributed by atoms with Crippen LogP contribution in [0.5, 0.6) is 0 Å². The Hall–Kier alpha value is -5.65. The van der Waals surface area contributed by atoms with Crippen molar-refractivity contribution in [3.8, 4) is 0 Å². The molecule has 3 heterocycles. The van der Waals surface area contributed by atoms with Crippen molar-refractivity contribution in [2.24, 2.45) is 10.9 Å². The van der Waals surface area contributed by atoms with Gasteiger partial charge in [0, 0.05) is 45.4 Å². The molecule has 266 valence electrons. The van der Waals surface area contributed by atoms with Crippen LogP contribution in [0.4, 0.5) is 5.69 Å². The zero-order valence-corrected chi connectivity index (χ0v) is 30.4. The molecule has 0 bridgehead atoms. The maximum atomic E-state index is 5.32. The molecule has 4 aromatic rings. The van der Waals surface area contributed by atoms with Crippen molar-refractivity contribution in [1.82, 2.24) is 15.2 Å². The fraction of sp³-hybridized carbons (Fsp3) is 0.245. The van der Waals surface area contributed by atoms with E-state index in [1.807, 2.05) is 0 Å². The third-order valence-electron chi connectivity index (χ3n) is 12.7. The molecular formula is C49H45N5. The molecule has 5 aliphatic carbocycles. The van der Waals surface area contributed by atoms with E-state index >= 15 is 0 Å². The minimum atomic E-state index is -0.117. The van der Waals surface area contributed by atoms with Crippen LogP contribution in [0.2, 0.25) is 0 Å². The Morgan fingerprint density at radius 2 is 1.59 bits per heavy atom. The van der Waals surface area contributed by atoms with Crippen molar-refractivity contribution < 1.29 is 0 Å². The minimum Gasteiger partial charge on any atom is -0.355 e. The summed E-state index contributed by atoms with van der Waals surface area (Å²) in [6.07, 6.45) is 33.7. The third-order valence-corrected chi connectivity index (χ3v) is 12.7. The van der Waals surface area contributed by atoms with Crippen molar-refractivity contribution in [3.63, 3.8) is 0 Å². The van der Waals surface area contributed by atoms with Crippen LogP contribution >= 0.6 is 0 Å². The molecule has 5 heteroatoms. The van der Waals surface area contributed by atoms with Gasteiger partial charge in [-0.05, 0) is 72.1 Å². The van der Waals surface area contributed by atoms with E-state index in [9.17, 15) is 0 Å². The lowest BCUT2D eigenvalue weighted by Crippen LogP contribution is -2.45. The Morgan fingerprint density at radius 1 is 0.778 bits per heavy atom. The fourth-order valence-corrected chi connectivity index (χ4v) is 10.2. The number of nitrogens with zero attached hydrogens (tertiary/aromatic N) is 3. The number of para-hydroxylation sites is 1. The fourth-order valence-electron chi connectivity index (χ4n) is 10.2. The summed E-state index contributed by atoms with van der Waals surface area (Å²) in [5, 5.41) is 10.4. The van der Waals surface area contributed by atoms with E-state index in [2.05, 4.69) is 178 Å². The lowest BCUT2D eigenvalue weighted by molar-refractivity contribution is 0.399. The summed E-state index contributed by atoms with van der Waals surface area (Å²) >= 11 is 0. The number of aliphatic imine (C=N–C) groups is 1. The van der Waals surface area contributed by atoms with E-state index in [-0.39, 0.29) is 18.4 Å².